The van der Waals surface area contributed by atoms with Gasteiger partial charge in [0, 0.05) is 13.7 Å². The number of carbonyl (C=O) groups excluding carboxylic acids is 1. The molecule has 0 radical (unpaired) electrons. The van der Waals surface area contributed by atoms with E-state index in [1.807, 2.05) is 0 Å². The first kappa shape index (κ1) is 7.54. The SMILES string of the molecule is CNC(=O)C1(CCO)CC1. The highest BCUT2D eigenvalue weighted by molar-refractivity contribution is 5.84. The fraction of sp³-hybridized carbons (Fsp3) is 0.857. The van der Waals surface area contributed by atoms with Crippen LogP contribution in [0.15, 0.2) is 0 Å². The van der Waals surface area contributed by atoms with Gasteiger partial charge < -0.3 is 10.4 Å². The van der Waals surface area contributed by atoms with Gasteiger partial charge in [-0.05, 0) is 19.3 Å². The van der Waals surface area contributed by atoms with Crippen molar-refractivity contribution in [2.24, 2.45) is 5.41 Å². The van der Waals surface area contributed by atoms with Gasteiger partial charge in [0.25, 0.3) is 0 Å². The third kappa shape index (κ3) is 1.14. The fourth-order valence-corrected chi connectivity index (χ4v) is 1.22. The van der Waals surface area contributed by atoms with Crippen LogP contribution in [0, 0.1) is 5.41 Å². The summed E-state index contributed by atoms with van der Waals surface area (Å²) in [7, 11) is 1.64. The van der Waals surface area contributed by atoms with Gasteiger partial charge in [0.1, 0.15) is 0 Å². The summed E-state index contributed by atoms with van der Waals surface area (Å²) in [5.41, 5.74) is -0.191. The average Bonchev–Trinajstić information content (AvgIpc) is 2.69. The molecule has 0 unspecified atom stereocenters. The molecule has 58 valence electrons. The predicted octanol–water partition coefficient (Wildman–Crippen LogP) is -0.105. The van der Waals surface area contributed by atoms with Crippen molar-refractivity contribution >= 4 is 5.91 Å². The maximum Gasteiger partial charge on any atom is 0.226 e. The maximum atomic E-state index is 11.1. The number of aliphatic hydroxyl groups is 1. The molecule has 1 saturated carbocycles. The van der Waals surface area contributed by atoms with Crippen LogP contribution < -0.4 is 5.32 Å². The Labute approximate surface area is 60.4 Å². The quantitative estimate of drug-likeness (QED) is 0.579. The van der Waals surface area contributed by atoms with Gasteiger partial charge in [-0.15, -0.1) is 0 Å². The van der Waals surface area contributed by atoms with Gasteiger partial charge in [0.05, 0.1) is 5.41 Å². The Bertz CT molecular complexity index is 141. The van der Waals surface area contributed by atoms with E-state index >= 15 is 0 Å². The first-order valence-corrected chi connectivity index (χ1v) is 3.58. The summed E-state index contributed by atoms with van der Waals surface area (Å²) in [5, 5.41) is 11.2. The molecule has 3 heteroatoms. The minimum absolute atomic E-state index is 0.0848. The van der Waals surface area contributed by atoms with Gasteiger partial charge in [-0.25, -0.2) is 0 Å². The van der Waals surface area contributed by atoms with Crippen molar-refractivity contribution in [2.45, 2.75) is 19.3 Å². The van der Waals surface area contributed by atoms with Crippen molar-refractivity contribution in [3.63, 3.8) is 0 Å². The molecule has 1 aliphatic rings. The summed E-state index contributed by atoms with van der Waals surface area (Å²) >= 11 is 0. The molecule has 3 nitrogen and oxygen atoms in total. The summed E-state index contributed by atoms with van der Waals surface area (Å²) in [4.78, 5) is 11.1. The van der Waals surface area contributed by atoms with Crippen LogP contribution in [0.4, 0.5) is 0 Å². The van der Waals surface area contributed by atoms with E-state index in [-0.39, 0.29) is 17.9 Å². The molecular formula is C7H13NO2. The number of nitrogens with one attached hydrogen (secondary N) is 1. The van der Waals surface area contributed by atoms with E-state index in [0.29, 0.717) is 6.42 Å². The molecular weight excluding hydrogens is 130 g/mol. The zero-order chi connectivity index (χ0) is 7.61. The van der Waals surface area contributed by atoms with Crippen molar-refractivity contribution in [3.8, 4) is 0 Å². The Morgan fingerprint density at radius 3 is 2.60 bits per heavy atom. The molecule has 2 N–H and O–H groups in total. The highest BCUT2D eigenvalue weighted by Gasteiger charge is 2.48. The van der Waals surface area contributed by atoms with Crippen molar-refractivity contribution in [1.29, 1.82) is 0 Å². The molecule has 1 fully saturated rings. The second kappa shape index (κ2) is 2.58. The van der Waals surface area contributed by atoms with Crippen LogP contribution >= 0.6 is 0 Å². The van der Waals surface area contributed by atoms with E-state index in [1.54, 1.807) is 7.05 Å². The number of hydrogen-bond donors (Lipinski definition) is 2. The normalized spacial score (nSPS) is 20.2. The highest BCUT2D eigenvalue weighted by atomic mass is 16.3. The van der Waals surface area contributed by atoms with E-state index in [0.717, 1.165) is 12.8 Å². The maximum absolute atomic E-state index is 11.1. The highest BCUT2D eigenvalue weighted by Crippen LogP contribution is 2.48. The van der Waals surface area contributed by atoms with Crippen LogP contribution in [-0.2, 0) is 4.79 Å². The van der Waals surface area contributed by atoms with Gasteiger partial charge in [0.15, 0.2) is 0 Å². The van der Waals surface area contributed by atoms with Crippen LogP contribution in [0.2, 0.25) is 0 Å². The van der Waals surface area contributed by atoms with Crippen LogP contribution in [0.3, 0.4) is 0 Å². The van der Waals surface area contributed by atoms with Crippen LogP contribution in [0.1, 0.15) is 19.3 Å². The second-order valence-corrected chi connectivity index (χ2v) is 2.83. The topological polar surface area (TPSA) is 49.3 Å². The minimum atomic E-state index is -0.191. The summed E-state index contributed by atoms with van der Waals surface area (Å²) in [5.74, 6) is 0.0848. The van der Waals surface area contributed by atoms with Crippen molar-refractivity contribution in [1.82, 2.24) is 5.32 Å². The average molecular weight is 143 g/mol. The van der Waals surface area contributed by atoms with Gasteiger partial charge in [0.2, 0.25) is 5.91 Å². The molecule has 0 saturated heterocycles. The summed E-state index contributed by atoms with van der Waals surface area (Å²) in [6, 6.07) is 0. The molecule has 0 bridgehead atoms. The fourth-order valence-electron chi connectivity index (χ4n) is 1.22. The Morgan fingerprint density at radius 1 is 1.70 bits per heavy atom. The lowest BCUT2D eigenvalue weighted by atomic mass is 10.0. The number of hydrogen-bond acceptors (Lipinski definition) is 2. The number of aliphatic hydroxyl groups excluding tert-OH is 1. The Morgan fingerprint density at radius 2 is 2.30 bits per heavy atom. The van der Waals surface area contributed by atoms with Crippen molar-refractivity contribution in [2.75, 3.05) is 13.7 Å². The van der Waals surface area contributed by atoms with E-state index in [9.17, 15) is 4.79 Å². The molecule has 0 aliphatic heterocycles. The Kier molecular flexibility index (Phi) is 1.94. The summed E-state index contributed by atoms with van der Waals surface area (Å²) < 4.78 is 0. The molecule has 1 amide bonds. The molecule has 0 spiro atoms. The number of carbonyl (C=O) groups is 1. The summed E-state index contributed by atoms with van der Waals surface area (Å²) in [6.07, 6.45) is 2.49. The molecule has 0 heterocycles. The van der Waals surface area contributed by atoms with Gasteiger partial charge in [-0.2, -0.15) is 0 Å². The van der Waals surface area contributed by atoms with Crippen molar-refractivity contribution in [3.05, 3.63) is 0 Å². The largest absolute Gasteiger partial charge is 0.396 e. The van der Waals surface area contributed by atoms with E-state index in [4.69, 9.17) is 5.11 Å². The van der Waals surface area contributed by atoms with Crippen LogP contribution in [0.5, 0.6) is 0 Å². The number of rotatable bonds is 3. The lowest BCUT2D eigenvalue weighted by Crippen LogP contribution is -2.29. The molecule has 0 aromatic carbocycles. The molecule has 0 atom stereocenters. The lowest BCUT2D eigenvalue weighted by molar-refractivity contribution is -0.126. The molecule has 0 aromatic heterocycles. The van der Waals surface area contributed by atoms with Crippen LogP contribution in [0.25, 0.3) is 0 Å². The first-order chi connectivity index (χ1) is 4.75. The van der Waals surface area contributed by atoms with E-state index < -0.39 is 0 Å². The lowest BCUT2D eigenvalue weighted by Gasteiger charge is -2.09. The first-order valence-electron chi connectivity index (χ1n) is 3.58. The van der Waals surface area contributed by atoms with E-state index in [1.165, 1.54) is 0 Å². The smallest absolute Gasteiger partial charge is 0.226 e. The predicted molar refractivity (Wildman–Crippen MR) is 37.4 cm³/mol. The zero-order valence-electron chi connectivity index (χ0n) is 6.18. The molecule has 1 rings (SSSR count). The third-order valence-electron chi connectivity index (χ3n) is 2.15. The number of amides is 1. The van der Waals surface area contributed by atoms with Crippen LogP contribution in [-0.4, -0.2) is 24.7 Å². The molecule has 10 heavy (non-hydrogen) atoms. The molecule has 1 aliphatic carbocycles. The van der Waals surface area contributed by atoms with E-state index in [2.05, 4.69) is 5.32 Å². The van der Waals surface area contributed by atoms with Gasteiger partial charge >= 0.3 is 0 Å². The van der Waals surface area contributed by atoms with Gasteiger partial charge in [-0.1, -0.05) is 0 Å². The second-order valence-electron chi connectivity index (χ2n) is 2.83. The molecule has 0 aromatic rings. The standard InChI is InChI=1S/C7H13NO2/c1-8-6(10)7(2-3-7)4-5-9/h9H,2-5H2,1H3,(H,8,10). The monoisotopic (exact) mass is 143 g/mol. The Hall–Kier alpha value is -0.570. The Balaban J connectivity index is 2.43. The third-order valence-corrected chi connectivity index (χ3v) is 2.15. The summed E-state index contributed by atoms with van der Waals surface area (Å²) in [6.45, 7) is 0.118. The minimum Gasteiger partial charge on any atom is -0.396 e. The van der Waals surface area contributed by atoms with Crippen molar-refractivity contribution < 1.29 is 9.90 Å². The van der Waals surface area contributed by atoms with Gasteiger partial charge in [-0.3, -0.25) is 4.79 Å². The zero-order valence-corrected chi connectivity index (χ0v) is 6.18.